The normalized spacial score (nSPS) is 10.3. The number of carboxylic acid groups (broad SMARTS) is 1. The van der Waals surface area contributed by atoms with Gasteiger partial charge >= 0.3 is 5.97 Å². The topological polar surface area (TPSA) is 72.0 Å². The Morgan fingerprint density at radius 2 is 2.11 bits per heavy atom. The second-order valence-corrected chi connectivity index (χ2v) is 4.01. The van der Waals surface area contributed by atoms with Gasteiger partial charge in [-0.2, -0.15) is 0 Å². The number of hydrogen-bond acceptors (Lipinski definition) is 4. The highest BCUT2D eigenvalue weighted by molar-refractivity contribution is 6.03. The van der Waals surface area contributed by atoms with Crippen LogP contribution in [0.1, 0.15) is 30.0 Å². The summed E-state index contributed by atoms with van der Waals surface area (Å²) in [5.74, 6) is -0.760. The molecule has 0 amide bonds. The molecule has 0 aliphatic heterocycles. The Hall–Kier alpha value is -2.30. The largest absolute Gasteiger partial charge is 0.478 e. The fraction of sp³-hybridized carbons (Fsp3) is 0.231. The zero-order chi connectivity index (χ0) is 13.1. The van der Waals surface area contributed by atoms with E-state index < -0.39 is 5.97 Å². The third-order valence-electron chi connectivity index (χ3n) is 2.33. The van der Waals surface area contributed by atoms with E-state index in [2.05, 4.69) is 5.16 Å². The van der Waals surface area contributed by atoms with Gasteiger partial charge in [-0.3, -0.25) is 0 Å². The fourth-order valence-corrected chi connectivity index (χ4v) is 1.65. The average molecular weight is 247 g/mol. The molecule has 1 aromatic carbocycles. The number of fused-ring (bicyclic) bond motifs is 1. The van der Waals surface area contributed by atoms with Crippen LogP contribution in [0.2, 0.25) is 0 Å². The maximum atomic E-state index is 11.2. The first-order chi connectivity index (χ1) is 8.59. The summed E-state index contributed by atoms with van der Waals surface area (Å²) >= 11 is 0. The molecular formula is C13H13NO4. The first-order valence-electron chi connectivity index (χ1n) is 5.46. The highest BCUT2D eigenvalue weighted by Gasteiger charge is 2.20. The van der Waals surface area contributed by atoms with Gasteiger partial charge in [-0.1, -0.05) is 23.4 Å². The summed E-state index contributed by atoms with van der Waals surface area (Å²) in [5, 5.41) is 13.5. The SMILES string of the molecule is CC(C)=NOCc1oc2ccccc2c1C(=O)O. The minimum Gasteiger partial charge on any atom is -0.478 e. The number of hydrogen-bond donors (Lipinski definition) is 1. The van der Waals surface area contributed by atoms with Gasteiger partial charge < -0.3 is 14.4 Å². The number of nitrogens with zero attached hydrogens (tertiary/aromatic N) is 1. The van der Waals surface area contributed by atoms with E-state index in [1.165, 1.54) is 0 Å². The fourth-order valence-electron chi connectivity index (χ4n) is 1.65. The summed E-state index contributed by atoms with van der Waals surface area (Å²) in [4.78, 5) is 16.3. The van der Waals surface area contributed by atoms with Crippen molar-refractivity contribution in [3.8, 4) is 0 Å². The molecule has 2 aromatic rings. The van der Waals surface area contributed by atoms with Crippen molar-refractivity contribution in [2.24, 2.45) is 5.16 Å². The van der Waals surface area contributed by atoms with Crippen molar-refractivity contribution in [2.45, 2.75) is 20.5 Å². The third-order valence-corrected chi connectivity index (χ3v) is 2.33. The molecule has 1 N–H and O–H groups in total. The molecule has 0 aliphatic rings. The molecule has 1 aromatic heterocycles. The minimum atomic E-state index is -1.03. The van der Waals surface area contributed by atoms with E-state index in [4.69, 9.17) is 9.25 Å². The lowest BCUT2D eigenvalue weighted by atomic mass is 10.1. The zero-order valence-electron chi connectivity index (χ0n) is 10.1. The molecule has 5 heteroatoms. The quantitative estimate of drug-likeness (QED) is 0.665. The maximum Gasteiger partial charge on any atom is 0.340 e. The van der Waals surface area contributed by atoms with Gasteiger partial charge in [0.1, 0.15) is 11.1 Å². The van der Waals surface area contributed by atoms with Crippen LogP contribution in [-0.4, -0.2) is 16.8 Å². The lowest BCUT2D eigenvalue weighted by Crippen LogP contribution is -2.00. The van der Waals surface area contributed by atoms with E-state index in [1.807, 2.05) is 0 Å². The number of aromatic carboxylic acids is 1. The summed E-state index contributed by atoms with van der Waals surface area (Å²) in [7, 11) is 0. The summed E-state index contributed by atoms with van der Waals surface area (Å²) < 4.78 is 5.47. The molecule has 0 aliphatic carbocycles. The molecule has 1 heterocycles. The molecule has 0 spiro atoms. The van der Waals surface area contributed by atoms with Crippen molar-refractivity contribution in [1.29, 1.82) is 0 Å². The Balaban J connectivity index is 2.40. The summed E-state index contributed by atoms with van der Waals surface area (Å²) in [5.41, 5.74) is 1.42. The molecule has 2 rings (SSSR count). The molecule has 0 unspecified atom stereocenters. The lowest BCUT2D eigenvalue weighted by Gasteiger charge is -1.98. The molecule has 0 bridgehead atoms. The van der Waals surface area contributed by atoms with Gasteiger partial charge in [-0.25, -0.2) is 4.79 Å². The zero-order valence-corrected chi connectivity index (χ0v) is 10.1. The van der Waals surface area contributed by atoms with E-state index in [1.54, 1.807) is 38.1 Å². The van der Waals surface area contributed by atoms with Gasteiger partial charge in [-0.05, 0) is 19.9 Å². The van der Waals surface area contributed by atoms with E-state index in [9.17, 15) is 9.90 Å². The molecule has 0 atom stereocenters. The van der Waals surface area contributed by atoms with E-state index in [0.29, 0.717) is 11.0 Å². The average Bonchev–Trinajstić information content (AvgIpc) is 2.66. The summed E-state index contributed by atoms with van der Waals surface area (Å²) in [6.07, 6.45) is 0. The Morgan fingerprint density at radius 1 is 1.39 bits per heavy atom. The summed E-state index contributed by atoms with van der Waals surface area (Å²) in [6, 6.07) is 6.99. The van der Waals surface area contributed by atoms with Crippen molar-refractivity contribution in [1.82, 2.24) is 0 Å². The lowest BCUT2D eigenvalue weighted by molar-refractivity contribution is 0.0684. The van der Waals surface area contributed by atoms with Crippen LogP contribution in [0.4, 0.5) is 0 Å². The third kappa shape index (κ3) is 2.34. The van der Waals surface area contributed by atoms with Gasteiger partial charge in [-0.15, -0.1) is 0 Å². The highest BCUT2D eigenvalue weighted by atomic mass is 16.6. The van der Waals surface area contributed by atoms with Crippen molar-refractivity contribution in [3.05, 3.63) is 35.6 Å². The van der Waals surface area contributed by atoms with Gasteiger partial charge in [0, 0.05) is 5.39 Å². The highest BCUT2D eigenvalue weighted by Crippen LogP contribution is 2.26. The molecular weight excluding hydrogens is 234 g/mol. The first-order valence-corrected chi connectivity index (χ1v) is 5.46. The van der Waals surface area contributed by atoms with Crippen molar-refractivity contribution >= 4 is 22.7 Å². The number of carbonyl (C=O) groups is 1. The van der Waals surface area contributed by atoms with Crippen LogP contribution in [0.5, 0.6) is 0 Å². The molecule has 0 radical (unpaired) electrons. The molecule has 18 heavy (non-hydrogen) atoms. The molecule has 5 nitrogen and oxygen atoms in total. The molecule has 0 saturated heterocycles. The van der Waals surface area contributed by atoms with Crippen molar-refractivity contribution < 1.29 is 19.2 Å². The molecule has 0 saturated carbocycles. The number of carboxylic acids is 1. The Bertz CT molecular complexity index is 608. The van der Waals surface area contributed by atoms with Crippen molar-refractivity contribution in [2.75, 3.05) is 0 Å². The van der Waals surface area contributed by atoms with Gasteiger partial charge in [0.25, 0.3) is 0 Å². The van der Waals surface area contributed by atoms with Crippen LogP contribution >= 0.6 is 0 Å². The van der Waals surface area contributed by atoms with Crippen LogP contribution in [0.25, 0.3) is 11.0 Å². The second kappa shape index (κ2) is 4.91. The van der Waals surface area contributed by atoms with Crippen LogP contribution in [-0.2, 0) is 11.4 Å². The molecule has 0 fully saturated rings. The maximum absolute atomic E-state index is 11.2. The van der Waals surface area contributed by atoms with E-state index in [-0.39, 0.29) is 17.9 Å². The van der Waals surface area contributed by atoms with Crippen LogP contribution < -0.4 is 0 Å². The van der Waals surface area contributed by atoms with E-state index in [0.717, 1.165) is 5.71 Å². The number of furan rings is 1. The number of para-hydroxylation sites is 1. The predicted molar refractivity (Wildman–Crippen MR) is 66.7 cm³/mol. The number of rotatable bonds is 4. The van der Waals surface area contributed by atoms with Crippen LogP contribution in [0.3, 0.4) is 0 Å². The standard InChI is InChI=1S/C13H13NO4/c1-8(2)14-17-7-11-12(13(15)16)9-5-3-4-6-10(9)18-11/h3-6H,7H2,1-2H3,(H,15,16). The van der Waals surface area contributed by atoms with Crippen LogP contribution in [0.15, 0.2) is 33.8 Å². The monoisotopic (exact) mass is 247 g/mol. The number of oxime groups is 1. The smallest absolute Gasteiger partial charge is 0.340 e. The van der Waals surface area contributed by atoms with Crippen LogP contribution in [0, 0.1) is 0 Å². The second-order valence-electron chi connectivity index (χ2n) is 4.01. The van der Waals surface area contributed by atoms with Crippen molar-refractivity contribution in [3.63, 3.8) is 0 Å². The Kier molecular flexibility index (Phi) is 3.32. The minimum absolute atomic E-state index is 0.00148. The first kappa shape index (κ1) is 12.2. The van der Waals surface area contributed by atoms with Gasteiger partial charge in [0.05, 0.1) is 5.71 Å². The van der Waals surface area contributed by atoms with E-state index >= 15 is 0 Å². The Labute approximate surface area is 104 Å². The molecule has 94 valence electrons. The van der Waals surface area contributed by atoms with Gasteiger partial charge in [0.15, 0.2) is 12.4 Å². The predicted octanol–water partition coefficient (Wildman–Crippen LogP) is 3.04. The number of benzene rings is 1. The van der Waals surface area contributed by atoms with Gasteiger partial charge in [0.2, 0.25) is 0 Å². The summed E-state index contributed by atoms with van der Waals surface area (Å²) in [6.45, 7) is 3.58. The Morgan fingerprint density at radius 3 is 2.78 bits per heavy atom.